The molecule has 0 unspecified atom stereocenters. The fourth-order valence-corrected chi connectivity index (χ4v) is 6.01. The molecule has 7 heteroatoms. The monoisotopic (exact) mass is 538 g/mol. The number of carbonyl (C=O) groups excluding carboxylic acids is 2. The minimum Gasteiger partial charge on any atom is -0.366 e. The normalized spacial score (nSPS) is 18.0. The van der Waals surface area contributed by atoms with Crippen molar-refractivity contribution in [3.8, 4) is 0 Å². The number of primary amides is 1. The van der Waals surface area contributed by atoms with E-state index in [1.165, 1.54) is 18.4 Å². The summed E-state index contributed by atoms with van der Waals surface area (Å²) in [6.07, 6.45) is 6.20. The fourth-order valence-electron chi connectivity index (χ4n) is 5.84. The predicted octanol–water partition coefficient (Wildman–Crippen LogP) is 5.16. The van der Waals surface area contributed by atoms with Crippen LogP contribution in [0.25, 0.3) is 0 Å². The molecule has 0 aliphatic carbocycles. The van der Waals surface area contributed by atoms with E-state index in [0.717, 1.165) is 82.7 Å². The van der Waals surface area contributed by atoms with Crippen molar-refractivity contribution in [2.45, 2.75) is 52.4 Å². The molecule has 2 N–H and O–H groups in total. The Balaban J connectivity index is 1.29. The third-order valence-corrected chi connectivity index (χ3v) is 8.85. The minimum atomic E-state index is -0.377. The van der Waals surface area contributed by atoms with Crippen molar-refractivity contribution in [2.75, 3.05) is 50.7 Å². The van der Waals surface area contributed by atoms with Gasteiger partial charge in [-0.25, -0.2) is 0 Å². The number of nitrogens with zero attached hydrogens (tertiary/aromatic N) is 3. The minimum absolute atomic E-state index is 0.0886. The van der Waals surface area contributed by atoms with E-state index in [1.807, 2.05) is 54.3 Å². The molecule has 2 saturated heterocycles. The van der Waals surface area contributed by atoms with Crippen molar-refractivity contribution in [1.29, 1.82) is 0 Å². The molecule has 206 valence electrons. The van der Waals surface area contributed by atoms with Crippen molar-refractivity contribution in [3.05, 3.63) is 64.2 Å². The molecule has 2 aliphatic rings. The van der Waals surface area contributed by atoms with Gasteiger partial charge < -0.3 is 20.4 Å². The Morgan fingerprint density at radius 2 is 1.63 bits per heavy atom. The Hall–Kier alpha value is -2.41. The number of hydrogen-bond acceptors (Lipinski definition) is 4. The molecular weight excluding hydrogens is 496 g/mol. The van der Waals surface area contributed by atoms with E-state index < -0.39 is 0 Å². The second kappa shape index (κ2) is 13.6. The molecule has 38 heavy (non-hydrogen) atoms. The average molecular weight is 539 g/mol. The summed E-state index contributed by atoms with van der Waals surface area (Å²) in [4.78, 5) is 31.9. The molecule has 4 rings (SSSR count). The van der Waals surface area contributed by atoms with Gasteiger partial charge in [-0.05, 0) is 126 Å². The molecular formula is C31H43ClN4O2. The molecule has 6 nitrogen and oxygen atoms in total. The van der Waals surface area contributed by atoms with E-state index in [2.05, 4.69) is 16.7 Å². The SMILES string of the molecule is CCN1CCC(C(=O)N(CCCN2CCC(Cc3ccc(C(N)=O)cc3)CC2)c2ccc(C)c(Cl)c2)CC1. The maximum absolute atomic E-state index is 13.7. The number of aryl methyl sites for hydroxylation is 1. The van der Waals surface area contributed by atoms with Gasteiger partial charge in [0.15, 0.2) is 0 Å². The summed E-state index contributed by atoms with van der Waals surface area (Å²) in [6.45, 7) is 11.1. The number of nitrogens with two attached hydrogens (primary N) is 1. The second-order valence-corrected chi connectivity index (χ2v) is 11.4. The van der Waals surface area contributed by atoms with Gasteiger partial charge in [0.1, 0.15) is 0 Å². The first-order valence-corrected chi connectivity index (χ1v) is 14.6. The summed E-state index contributed by atoms with van der Waals surface area (Å²) < 4.78 is 0. The molecule has 2 aromatic rings. The molecule has 2 aromatic carbocycles. The highest BCUT2D eigenvalue weighted by atomic mass is 35.5. The summed E-state index contributed by atoms with van der Waals surface area (Å²) in [5.41, 5.74) is 9.15. The Morgan fingerprint density at radius 1 is 0.974 bits per heavy atom. The van der Waals surface area contributed by atoms with E-state index in [1.54, 1.807) is 0 Å². The van der Waals surface area contributed by atoms with Crippen LogP contribution < -0.4 is 10.6 Å². The van der Waals surface area contributed by atoms with E-state index in [4.69, 9.17) is 17.3 Å². The highest BCUT2D eigenvalue weighted by Crippen LogP contribution is 2.28. The van der Waals surface area contributed by atoms with Gasteiger partial charge in [-0.3, -0.25) is 9.59 Å². The van der Waals surface area contributed by atoms with Crippen LogP contribution in [0.3, 0.4) is 0 Å². The van der Waals surface area contributed by atoms with Gasteiger partial charge in [-0.2, -0.15) is 0 Å². The number of likely N-dealkylation sites (tertiary alicyclic amines) is 2. The first-order chi connectivity index (χ1) is 18.3. The lowest BCUT2D eigenvalue weighted by Crippen LogP contribution is -2.44. The molecule has 0 atom stereocenters. The number of halogens is 1. The Labute approximate surface area is 233 Å². The molecule has 0 radical (unpaired) electrons. The smallest absolute Gasteiger partial charge is 0.248 e. The van der Waals surface area contributed by atoms with E-state index in [9.17, 15) is 9.59 Å². The number of amides is 2. The zero-order chi connectivity index (χ0) is 27.1. The molecule has 0 bridgehead atoms. The van der Waals surface area contributed by atoms with Gasteiger partial charge >= 0.3 is 0 Å². The van der Waals surface area contributed by atoms with Crippen molar-refractivity contribution in [3.63, 3.8) is 0 Å². The standard InChI is InChI=1S/C31H43ClN4O2/c1-3-34-19-13-27(14-20-34)31(38)36(28-10-5-23(2)29(32)22-28)16-4-15-35-17-11-25(12-18-35)21-24-6-8-26(9-7-24)30(33)37/h5-10,22,25,27H,3-4,11-21H2,1-2H3,(H2,33,37). The van der Waals surface area contributed by atoms with Gasteiger partial charge in [-0.1, -0.05) is 36.7 Å². The van der Waals surface area contributed by atoms with Crippen LogP contribution in [0.2, 0.25) is 5.02 Å². The van der Waals surface area contributed by atoms with Crippen molar-refractivity contribution >= 4 is 29.1 Å². The Morgan fingerprint density at radius 3 is 2.24 bits per heavy atom. The third-order valence-electron chi connectivity index (χ3n) is 8.44. The molecule has 0 saturated carbocycles. The lowest BCUT2D eigenvalue weighted by molar-refractivity contribution is -0.123. The topological polar surface area (TPSA) is 69.9 Å². The number of benzene rings is 2. The van der Waals surface area contributed by atoms with Gasteiger partial charge in [0.05, 0.1) is 0 Å². The fraction of sp³-hybridized carbons (Fsp3) is 0.548. The van der Waals surface area contributed by atoms with Crippen LogP contribution in [-0.4, -0.2) is 67.4 Å². The zero-order valence-electron chi connectivity index (χ0n) is 23.0. The number of carbonyl (C=O) groups is 2. The quantitative estimate of drug-likeness (QED) is 0.454. The van der Waals surface area contributed by atoms with Crippen LogP contribution in [0.1, 0.15) is 60.5 Å². The summed E-state index contributed by atoms with van der Waals surface area (Å²) >= 11 is 6.46. The third kappa shape index (κ3) is 7.58. The highest BCUT2D eigenvalue weighted by molar-refractivity contribution is 6.31. The van der Waals surface area contributed by atoms with Crippen LogP contribution >= 0.6 is 11.6 Å². The number of hydrogen-bond donors (Lipinski definition) is 1. The summed E-state index contributed by atoms with van der Waals surface area (Å²) in [5.74, 6) is 0.623. The highest BCUT2D eigenvalue weighted by Gasteiger charge is 2.29. The maximum atomic E-state index is 13.7. The second-order valence-electron chi connectivity index (χ2n) is 11.0. The zero-order valence-corrected chi connectivity index (χ0v) is 23.8. The van der Waals surface area contributed by atoms with Gasteiger partial charge in [0.2, 0.25) is 11.8 Å². The number of piperidine rings is 2. The lowest BCUT2D eigenvalue weighted by atomic mass is 9.90. The number of rotatable bonds is 10. The predicted molar refractivity (Wildman–Crippen MR) is 156 cm³/mol. The van der Waals surface area contributed by atoms with Crippen molar-refractivity contribution in [1.82, 2.24) is 9.80 Å². The van der Waals surface area contributed by atoms with Gasteiger partial charge in [0.25, 0.3) is 0 Å². The van der Waals surface area contributed by atoms with E-state index in [0.29, 0.717) is 16.5 Å². The molecule has 0 spiro atoms. The molecule has 0 aromatic heterocycles. The lowest BCUT2D eigenvalue weighted by Gasteiger charge is -2.35. The van der Waals surface area contributed by atoms with Gasteiger partial charge in [-0.15, -0.1) is 0 Å². The van der Waals surface area contributed by atoms with E-state index in [-0.39, 0.29) is 17.7 Å². The molecule has 2 aliphatic heterocycles. The van der Waals surface area contributed by atoms with E-state index >= 15 is 0 Å². The summed E-state index contributed by atoms with van der Waals surface area (Å²) in [6, 6.07) is 13.7. The first kappa shape index (κ1) is 28.6. The first-order valence-electron chi connectivity index (χ1n) is 14.2. The largest absolute Gasteiger partial charge is 0.366 e. The molecule has 2 amide bonds. The average Bonchev–Trinajstić information content (AvgIpc) is 2.93. The van der Waals surface area contributed by atoms with Crippen LogP contribution in [0, 0.1) is 18.8 Å². The summed E-state index contributed by atoms with van der Waals surface area (Å²) in [7, 11) is 0. The Kier molecular flexibility index (Phi) is 10.2. The van der Waals surface area contributed by atoms with Crippen LogP contribution in [0.5, 0.6) is 0 Å². The Bertz CT molecular complexity index is 1070. The van der Waals surface area contributed by atoms with Crippen LogP contribution in [0.15, 0.2) is 42.5 Å². The van der Waals surface area contributed by atoms with Crippen molar-refractivity contribution < 1.29 is 9.59 Å². The number of anilines is 1. The van der Waals surface area contributed by atoms with Crippen molar-refractivity contribution in [2.24, 2.45) is 17.6 Å². The maximum Gasteiger partial charge on any atom is 0.248 e. The van der Waals surface area contributed by atoms with Gasteiger partial charge in [0, 0.05) is 28.7 Å². The summed E-state index contributed by atoms with van der Waals surface area (Å²) in [5, 5.41) is 0.715. The molecule has 2 fully saturated rings. The molecule has 2 heterocycles. The van der Waals surface area contributed by atoms with Crippen LogP contribution in [-0.2, 0) is 11.2 Å². The van der Waals surface area contributed by atoms with Crippen LogP contribution in [0.4, 0.5) is 5.69 Å².